The zero-order valence-electron chi connectivity index (χ0n) is 10.6. The van der Waals surface area contributed by atoms with Crippen molar-refractivity contribution in [3.8, 4) is 0 Å². The third-order valence-electron chi connectivity index (χ3n) is 1.28. The Labute approximate surface area is 95.3 Å². The summed E-state index contributed by atoms with van der Waals surface area (Å²) in [5, 5.41) is 0. The lowest BCUT2D eigenvalue weighted by molar-refractivity contribution is 1.09. The van der Waals surface area contributed by atoms with Crippen LogP contribution in [0, 0.1) is 6.92 Å². The van der Waals surface area contributed by atoms with Crippen molar-refractivity contribution in [2.24, 2.45) is 0 Å². The molecule has 0 heterocycles. The van der Waals surface area contributed by atoms with Crippen molar-refractivity contribution in [3.63, 3.8) is 0 Å². The van der Waals surface area contributed by atoms with E-state index in [1.54, 1.807) is 6.08 Å². The summed E-state index contributed by atoms with van der Waals surface area (Å²) >= 11 is 0. The first-order chi connectivity index (χ1) is 7.15. The van der Waals surface area contributed by atoms with Crippen molar-refractivity contribution in [2.75, 3.05) is 0 Å². The van der Waals surface area contributed by atoms with Crippen LogP contribution in [-0.2, 0) is 0 Å². The van der Waals surface area contributed by atoms with Crippen LogP contribution >= 0.6 is 0 Å². The van der Waals surface area contributed by atoms with Gasteiger partial charge in [0.2, 0.25) is 0 Å². The number of aryl methyl sites for hydroxylation is 1. The number of allylic oxidation sites excluding steroid dienone is 1. The predicted octanol–water partition coefficient (Wildman–Crippen LogP) is 5.25. The Morgan fingerprint density at radius 2 is 1.67 bits per heavy atom. The molecule has 0 aromatic heterocycles. The SMILES string of the molecule is C=CC.C=Cc1cccc(C)c1.CCC. The van der Waals surface area contributed by atoms with Crippen molar-refractivity contribution in [1.82, 2.24) is 0 Å². The van der Waals surface area contributed by atoms with Crippen molar-refractivity contribution < 1.29 is 0 Å². The predicted molar refractivity (Wildman–Crippen MR) is 73.1 cm³/mol. The van der Waals surface area contributed by atoms with Crippen LogP contribution < -0.4 is 0 Å². The molecule has 0 radical (unpaired) electrons. The van der Waals surface area contributed by atoms with Crippen LogP contribution in [0.1, 0.15) is 38.3 Å². The third-order valence-corrected chi connectivity index (χ3v) is 1.28. The fraction of sp³-hybridized carbons (Fsp3) is 0.333. The van der Waals surface area contributed by atoms with Crippen LogP contribution in [0.3, 0.4) is 0 Å². The Morgan fingerprint density at radius 3 is 1.93 bits per heavy atom. The summed E-state index contributed by atoms with van der Waals surface area (Å²) in [7, 11) is 0. The molecule has 1 aromatic carbocycles. The average Bonchev–Trinajstić information content (AvgIpc) is 2.20. The van der Waals surface area contributed by atoms with Gasteiger partial charge < -0.3 is 0 Å². The maximum absolute atomic E-state index is 3.67. The Balaban J connectivity index is 0. The van der Waals surface area contributed by atoms with Crippen molar-refractivity contribution >= 4 is 6.08 Å². The van der Waals surface area contributed by atoms with E-state index in [2.05, 4.69) is 46.1 Å². The minimum Gasteiger partial charge on any atom is -0.103 e. The summed E-state index contributed by atoms with van der Waals surface area (Å²) < 4.78 is 0. The first kappa shape index (κ1) is 16.1. The van der Waals surface area contributed by atoms with Gasteiger partial charge in [-0.05, 0) is 19.4 Å². The van der Waals surface area contributed by atoms with Gasteiger partial charge in [0.1, 0.15) is 0 Å². The van der Waals surface area contributed by atoms with E-state index in [4.69, 9.17) is 0 Å². The van der Waals surface area contributed by atoms with E-state index in [-0.39, 0.29) is 0 Å². The number of hydrogen-bond donors (Lipinski definition) is 0. The molecule has 0 atom stereocenters. The molecule has 0 N–H and O–H groups in total. The topological polar surface area (TPSA) is 0 Å². The van der Waals surface area contributed by atoms with Gasteiger partial charge in [-0.2, -0.15) is 0 Å². The molecule has 0 nitrogen and oxygen atoms in total. The highest BCUT2D eigenvalue weighted by Crippen LogP contribution is 2.03. The van der Waals surface area contributed by atoms with Crippen LogP contribution in [0.5, 0.6) is 0 Å². The van der Waals surface area contributed by atoms with E-state index in [0.717, 1.165) is 0 Å². The molecule has 0 saturated heterocycles. The molecule has 0 unspecified atom stereocenters. The smallest absolute Gasteiger partial charge is 0.0260 e. The van der Waals surface area contributed by atoms with Crippen LogP contribution in [0.15, 0.2) is 43.5 Å². The zero-order chi connectivity index (χ0) is 12.1. The van der Waals surface area contributed by atoms with Crippen molar-refractivity contribution in [3.05, 3.63) is 54.6 Å². The zero-order valence-corrected chi connectivity index (χ0v) is 10.6. The van der Waals surface area contributed by atoms with Gasteiger partial charge in [0.25, 0.3) is 0 Å². The molecule has 1 rings (SSSR count). The molecule has 15 heavy (non-hydrogen) atoms. The minimum atomic E-state index is 1.19. The molecule has 0 aliphatic rings. The first-order valence-electron chi connectivity index (χ1n) is 5.42. The minimum absolute atomic E-state index is 1.19. The average molecular weight is 204 g/mol. The fourth-order valence-electron chi connectivity index (χ4n) is 0.797. The Kier molecular flexibility index (Phi) is 13.7. The summed E-state index contributed by atoms with van der Waals surface area (Å²) in [6, 6.07) is 8.26. The molecule has 0 spiro atoms. The fourth-order valence-corrected chi connectivity index (χ4v) is 0.797. The molecule has 0 amide bonds. The molecule has 0 aliphatic heterocycles. The maximum Gasteiger partial charge on any atom is -0.0260 e. The van der Waals surface area contributed by atoms with E-state index >= 15 is 0 Å². The summed E-state index contributed by atoms with van der Waals surface area (Å²) in [5.41, 5.74) is 2.47. The van der Waals surface area contributed by atoms with Gasteiger partial charge in [-0.25, -0.2) is 0 Å². The lowest BCUT2D eigenvalue weighted by Gasteiger charge is -1.92. The summed E-state index contributed by atoms with van der Waals surface area (Å²) in [5.74, 6) is 0. The van der Waals surface area contributed by atoms with Gasteiger partial charge in [0, 0.05) is 0 Å². The van der Waals surface area contributed by atoms with E-state index in [9.17, 15) is 0 Å². The molecule has 0 aliphatic carbocycles. The highest BCUT2D eigenvalue weighted by Gasteiger charge is 1.83. The lowest BCUT2D eigenvalue weighted by atomic mass is 10.1. The number of rotatable bonds is 1. The Morgan fingerprint density at radius 1 is 1.20 bits per heavy atom. The van der Waals surface area contributed by atoms with Gasteiger partial charge >= 0.3 is 0 Å². The summed E-state index contributed by atoms with van der Waals surface area (Å²) in [6.45, 7) is 15.2. The molecule has 0 fully saturated rings. The summed E-state index contributed by atoms with van der Waals surface area (Å²) in [4.78, 5) is 0. The normalized spacial score (nSPS) is 7.47. The van der Waals surface area contributed by atoms with Gasteiger partial charge in [-0.15, -0.1) is 6.58 Å². The number of benzene rings is 1. The van der Waals surface area contributed by atoms with Gasteiger partial charge in [0.15, 0.2) is 0 Å². The molecule has 84 valence electrons. The van der Waals surface area contributed by atoms with E-state index < -0.39 is 0 Å². The molecule has 0 heteroatoms. The van der Waals surface area contributed by atoms with Crippen LogP contribution in [-0.4, -0.2) is 0 Å². The van der Waals surface area contributed by atoms with E-state index in [1.807, 2.05) is 25.1 Å². The monoisotopic (exact) mass is 204 g/mol. The quantitative estimate of drug-likeness (QED) is 0.548. The number of hydrogen-bond acceptors (Lipinski definition) is 0. The Bertz CT molecular complexity index is 258. The second kappa shape index (κ2) is 12.7. The molecule has 1 aromatic rings. The van der Waals surface area contributed by atoms with E-state index in [1.165, 1.54) is 17.5 Å². The second-order valence-electron chi connectivity index (χ2n) is 3.23. The van der Waals surface area contributed by atoms with Crippen molar-refractivity contribution in [1.29, 1.82) is 0 Å². The third kappa shape index (κ3) is 12.7. The maximum atomic E-state index is 3.67. The standard InChI is InChI=1S/C9H10.C3H8.C3H6/c1-3-9-6-4-5-8(2)7-9;2*1-3-2/h3-7H,1H2,2H3;3H2,1-2H3;3H,1H2,2H3. The lowest BCUT2D eigenvalue weighted by Crippen LogP contribution is -1.72. The summed E-state index contributed by atoms with van der Waals surface area (Å²) in [6.07, 6.45) is 4.85. The van der Waals surface area contributed by atoms with Crippen molar-refractivity contribution in [2.45, 2.75) is 34.1 Å². The highest BCUT2D eigenvalue weighted by molar-refractivity contribution is 5.47. The van der Waals surface area contributed by atoms with Gasteiger partial charge in [-0.1, -0.05) is 68.8 Å². The van der Waals surface area contributed by atoms with Gasteiger partial charge in [0.05, 0.1) is 0 Å². The van der Waals surface area contributed by atoms with E-state index in [0.29, 0.717) is 0 Å². The molecular formula is C15H24. The largest absolute Gasteiger partial charge is 0.103 e. The Hall–Kier alpha value is -1.30. The van der Waals surface area contributed by atoms with Gasteiger partial charge in [-0.3, -0.25) is 0 Å². The van der Waals surface area contributed by atoms with Crippen LogP contribution in [0.25, 0.3) is 6.08 Å². The molecule has 0 saturated carbocycles. The molecular weight excluding hydrogens is 180 g/mol. The van der Waals surface area contributed by atoms with Crippen LogP contribution in [0.4, 0.5) is 0 Å². The second-order valence-corrected chi connectivity index (χ2v) is 3.23. The highest BCUT2D eigenvalue weighted by atomic mass is 13.9. The van der Waals surface area contributed by atoms with Crippen LogP contribution in [0.2, 0.25) is 0 Å². The molecule has 0 bridgehead atoms. The first-order valence-corrected chi connectivity index (χ1v) is 5.42.